The Hall–Kier alpha value is -0.0800. The van der Waals surface area contributed by atoms with Gasteiger partial charge in [0.05, 0.1) is 12.1 Å². The number of aliphatic hydroxyl groups is 1. The molecule has 1 aliphatic rings. The van der Waals surface area contributed by atoms with Gasteiger partial charge in [-0.15, -0.1) is 0 Å². The average molecular weight is 200 g/mol. The van der Waals surface area contributed by atoms with Crippen molar-refractivity contribution in [2.24, 2.45) is 0 Å². The van der Waals surface area contributed by atoms with Gasteiger partial charge in [0.1, 0.15) is 12.1 Å². The Kier molecular flexibility index (Phi) is 3.59. The van der Waals surface area contributed by atoms with E-state index in [9.17, 15) is 5.11 Å². The van der Waals surface area contributed by atoms with E-state index in [4.69, 9.17) is 0 Å². The van der Waals surface area contributed by atoms with Gasteiger partial charge in [-0.1, -0.05) is 20.8 Å². The average Bonchev–Trinajstić information content (AvgIpc) is 2.87. The predicted octanol–water partition coefficient (Wildman–Crippen LogP) is 0.995. The van der Waals surface area contributed by atoms with E-state index in [1.54, 1.807) is 4.90 Å². The molecule has 0 aromatic heterocycles. The second kappa shape index (κ2) is 4.19. The second-order valence-electron chi connectivity index (χ2n) is 5.13. The van der Waals surface area contributed by atoms with Crippen molar-refractivity contribution in [3.05, 3.63) is 0 Å². The largest absolute Gasteiger partial charge is 0.390 e. The van der Waals surface area contributed by atoms with Gasteiger partial charge < -0.3 is 10.0 Å². The maximum absolute atomic E-state index is 10.1. The summed E-state index contributed by atoms with van der Waals surface area (Å²) in [5, 5.41) is 10.1. The van der Waals surface area contributed by atoms with E-state index in [-0.39, 0.29) is 0 Å². The zero-order valence-electron chi connectivity index (χ0n) is 10.2. The van der Waals surface area contributed by atoms with Crippen molar-refractivity contribution in [1.82, 2.24) is 0 Å². The Morgan fingerprint density at radius 1 is 1.29 bits per heavy atom. The summed E-state index contributed by atoms with van der Waals surface area (Å²) < 4.78 is 0. The summed E-state index contributed by atoms with van der Waals surface area (Å²) in [7, 11) is 0. The fourth-order valence-corrected chi connectivity index (χ4v) is 2.18. The minimum atomic E-state index is -0.399. The monoisotopic (exact) mass is 200 g/mol. The number of rotatable bonds is 6. The molecule has 1 aliphatic heterocycles. The van der Waals surface area contributed by atoms with Crippen LogP contribution in [0.5, 0.6) is 0 Å². The van der Waals surface area contributed by atoms with Crippen molar-refractivity contribution in [1.29, 1.82) is 0 Å². The maximum atomic E-state index is 10.1. The van der Waals surface area contributed by atoms with Crippen LogP contribution in [0.15, 0.2) is 0 Å². The lowest BCUT2D eigenvalue weighted by Gasteiger charge is -2.24. The van der Waals surface area contributed by atoms with Crippen molar-refractivity contribution in [3.63, 3.8) is 0 Å². The lowest BCUT2D eigenvalue weighted by Crippen LogP contribution is -2.97. The molecule has 0 aromatic carbocycles. The van der Waals surface area contributed by atoms with Gasteiger partial charge in [0, 0.05) is 12.8 Å². The van der Waals surface area contributed by atoms with Crippen LogP contribution < -0.4 is 4.90 Å². The SMILES string of the molecule is CCC(O)(CC)CC[NH+]1CC1(C)CC. The van der Waals surface area contributed by atoms with Crippen LogP contribution in [0, 0.1) is 0 Å². The van der Waals surface area contributed by atoms with E-state index in [1.165, 1.54) is 13.0 Å². The first-order chi connectivity index (χ1) is 6.49. The summed E-state index contributed by atoms with van der Waals surface area (Å²) in [6.07, 6.45) is 4.00. The summed E-state index contributed by atoms with van der Waals surface area (Å²) in [6.45, 7) is 11.2. The minimum Gasteiger partial charge on any atom is -0.390 e. The first-order valence-electron chi connectivity index (χ1n) is 6.07. The highest BCUT2D eigenvalue weighted by Gasteiger charge is 2.52. The summed E-state index contributed by atoms with van der Waals surface area (Å²) in [5.74, 6) is 0. The molecule has 0 radical (unpaired) electrons. The van der Waals surface area contributed by atoms with Crippen molar-refractivity contribution in [3.8, 4) is 0 Å². The van der Waals surface area contributed by atoms with Crippen LogP contribution in [0.4, 0.5) is 0 Å². The van der Waals surface area contributed by atoms with Crippen molar-refractivity contribution in [2.45, 2.75) is 64.5 Å². The van der Waals surface area contributed by atoms with Crippen LogP contribution in [0.3, 0.4) is 0 Å². The Labute approximate surface area is 88.3 Å². The molecule has 2 unspecified atom stereocenters. The molecule has 1 saturated heterocycles. The van der Waals surface area contributed by atoms with E-state index < -0.39 is 5.60 Å². The molecular weight excluding hydrogens is 174 g/mol. The molecule has 0 aliphatic carbocycles. The number of quaternary nitrogens is 1. The molecule has 0 amide bonds. The lowest BCUT2D eigenvalue weighted by atomic mass is 9.93. The third-order valence-corrected chi connectivity index (χ3v) is 4.32. The minimum absolute atomic E-state index is 0.399. The zero-order chi connectivity index (χ0) is 10.8. The summed E-state index contributed by atoms with van der Waals surface area (Å²) in [5.41, 5.74) is 0.132. The molecule has 0 aromatic rings. The summed E-state index contributed by atoms with van der Waals surface area (Å²) in [4.78, 5) is 1.68. The first-order valence-corrected chi connectivity index (χ1v) is 6.07. The molecule has 2 N–H and O–H groups in total. The van der Waals surface area contributed by atoms with Gasteiger partial charge in [-0.05, 0) is 19.8 Å². The van der Waals surface area contributed by atoms with Gasteiger partial charge in [-0.3, -0.25) is 0 Å². The van der Waals surface area contributed by atoms with Crippen LogP contribution in [0.2, 0.25) is 0 Å². The van der Waals surface area contributed by atoms with Crippen LogP contribution in [0.1, 0.15) is 53.4 Å². The molecule has 2 heteroatoms. The molecule has 2 nitrogen and oxygen atoms in total. The van der Waals surface area contributed by atoms with Gasteiger partial charge in [-0.2, -0.15) is 0 Å². The highest BCUT2D eigenvalue weighted by Crippen LogP contribution is 2.19. The standard InChI is InChI=1S/C12H25NO/c1-5-11(4)10-13(11)9-8-12(14,6-2)7-3/h14H,5-10H2,1-4H3/p+1. The Balaban J connectivity index is 2.28. The van der Waals surface area contributed by atoms with E-state index in [2.05, 4.69) is 27.7 Å². The molecule has 84 valence electrons. The van der Waals surface area contributed by atoms with Gasteiger partial charge >= 0.3 is 0 Å². The highest BCUT2D eigenvalue weighted by atomic mass is 16.3. The van der Waals surface area contributed by atoms with Gasteiger partial charge in [0.25, 0.3) is 0 Å². The Bertz CT molecular complexity index is 189. The van der Waals surface area contributed by atoms with E-state index in [1.807, 2.05) is 0 Å². The fourth-order valence-electron chi connectivity index (χ4n) is 2.18. The quantitative estimate of drug-likeness (QED) is 0.614. The van der Waals surface area contributed by atoms with Gasteiger partial charge in [0.2, 0.25) is 0 Å². The van der Waals surface area contributed by atoms with Crippen molar-refractivity contribution in [2.75, 3.05) is 13.1 Å². The molecule has 1 rings (SSSR count). The zero-order valence-corrected chi connectivity index (χ0v) is 10.2. The molecule has 1 heterocycles. The van der Waals surface area contributed by atoms with E-state index in [0.29, 0.717) is 5.54 Å². The molecule has 1 fully saturated rings. The number of nitrogens with one attached hydrogen (secondary N) is 1. The molecular formula is C12H26NO+. The van der Waals surface area contributed by atoms with Gasteiger partial charge in [0.15, 0.2) is 0 Å². The van der Waals surface area contributed by atoms with Crippen LogP contribution >= 0.6 is 0 Å². The summed E-state index contributed by atoms with van der Waals surface area (Å²) >= 11 is 0. The molecule has 0 spiro atoms. The normalized spacial score (nSPS) is 31.9. The van der Waals surface area contributed by atoms with Crippen LogP contribution in [0.25, 0.3) is 0 Å². The first kappa shape index (κ1) is 12.0. The van der Waals surface area contributed by atoms with Crippen molar-refractivity contribution >= 4 is 0 Å². The smallest absolute Gasteiger partial charge is 0.144 e. The van der Waals surface area contributed by atoms with E-state index >= 15 is 0 Å². The molecule has 0 bridgehead atoms. The highest BCUT2D eigenvalue weighted by molar-refractivity contribution is 4.83. The maximum Gasteiger partial charge on any atom is 0.144 e. The molecule has 14 heavy (non-hydrogen) atoms. The Morgan fingerprint density at radius 2 is 1.86 bits per heavy atom. The van der Waals surface area contributed by atoms with Gasteiger partial charge in [-0.25, -0.2) is 0 Å². The Morgan fingerprint density at radius 3 is 2.21 bits per heavy atom. The predicted molar refractivity (Wildman–Crippen MR) is 59.5 cm³/mol. The summed E-state index contributed by atoms with van der Waals surface area (Å²) in [6, 6.07) is 0. The van der Waals surface area contributed by atoms with Crippen LogP contribution in [-0.4, -0.2) is 29.3 Å². The number of hydrogen-bond acceptors (Lipinski definition) is 1. The van der Waals surface area contributed by atoms with Crippen molar-refractivity contribution < 1.29 is 10.0 Å². The lowest BCUT2D eigenvalue weighted by molar-refractivity contribution is -0.792. The molecule has 2 atom stereocenters. The van der Waals surface area contributed by atoms with Crippen LogP contribution in [-0.2, 0) is 0 Å². The topological polar surface area (TPSA) is 24.7 Å². The molecule has 0 saturated carbocycles. The third-order valence-electron chi connectivity index (χ3n) is 4.32. The fraction of sp³-hybridized carbons (Fsp3) is 1.00. The number of hydrogen-bond donors (Lipinski definition) is 2. The van der Waals surface area contributed by atoms with E-state index in [0.717, 1.165) is 25.8 Å². The third kappa shape index (κ3) is 2.48. The second-order valence-corrected chi connectivity index (χ2v) is 5.13.